The minimum absolute atomic E-state index is 0.205. The van der Waals surface area contributed by atoms with Crippen LogP contribution in [0.4, 0.5) is 4.39 Å². The average molecular weight is 447 g/mol. The summed E-state index contributed by atoms with van der Waals surface area (Å²) in [6.07, 6.45) is 5.70. The fourth-order valence-electron chi connectivity index (χ4n) is 3.33. The molecule has 3 aromatic heterocycles. The van der Waals surface area contributed by atoms with Gasteiger partial charge in [0.1, 0.15) is 12.0 Å². The van der Waals surface area contributed by atoms with Crippen LogP contribution in [0.3, 0.4) is 0 Å². The smallest absolute Gasteiger partial charge is 0.291 e. The third kappa shape index (κ3) is 3.67. The normalized spacial score (nSPS) is 12.0. The van der Waals surface area contributed by atoms with E-state index in [1.165, 1.54) is 28.2 Å². The van der Waals surface area contributed by atoms with Crippen LogP contribution in [0.2, 0.25) is 0 Å². The lowest BCUT2D eigenvalue weighted by atomic mass is 10.1. The molecule has 160 valence electrons. The predicted molar refractivity (Wildman–Crippen MR) is 121 cm³/mol. The molecule has 0 radical (unpaired) electrons. The Morgan fingerprint density at radius 3 is 2.78 bits per heavy atom. The standard InChI is InChI=1S/C23H18FN5O2S/c1-2-10-31-19-9-8-15(11-18(19)24)21-16(13-28(27-21)17-6-4-3-5-7-17)12-20-22(30)29-23(32-20)25-14-26-29/h3-9,11-14H,2,10H2,1H3/b20-12-. The first kappa shape index (κ1) is 20.1. The van der Waals surface area contributed by atoms with Crippen LogP contribution in [0, 0.1) is 5.82 Å². The van der Waals surface area contributed by atoms with Gasteiger partial charge in [0.05, 0.1) is 16.8 Å². The number of nitrogens with zero attached hydrogens (tertiary/aromatic N) is 5. The molecule has 0 unspecified atom stereocenters. The monoisotopic (exact) mass is 447 g/mol. The molecular formula is C23H18FN5O2S. The summed E-state index contributed by atoms with van der Waals surface area (Å²) in [5, 5.41) is 8.65. The number of ether oxygens (including phenoxy) is 1. The predicted octanol–water partition coefficient (Wildman–Crippen LogP) is 3.48. The molecule has 0 saturated carbocycles. The number of hydrogen-bond acceptors (Lipinski definition) is 6. The van der Waals surface area contributed by atoms with Crippen LogP contribution in [-0.4, -0.2) is 31.0 Å². The number of rotatable bonds is 6. The Kier molecular flexibility index (Phi) is 5.24. The lowest BCUT2D eigenvalue weighted by Crippen LogP contribution is -2.23. The van der Waals surface area contributed by atoms with Gasteiger partial charge in [0.15, 0.2) is 11.6 Å². The minimum atomic E-state index is -0.459. The van der Waals surface area contributed by atoms with Crippen LogP contribution in [0.5, 0.6) is 5.75 Å². The number of fused-ring (bicyclic) bond motifs is 1. The van der Waals surface area contributed by atoms with Gasteiger partial charge in [-0.2, -0.15) is 14.7 Å². The second-order valence-corrected chi connectivity index (χ2v) is 8.09. The van der Waals surface area contributed by atoms with E-state index in [1.807, 2.05) is 43.5 Å². The van der Waals surface area contributed by atoms with Crippen molar-refractivity contribution in [1.29, 1.82) is 0 Å². The van der Waals surface area contributed by atoms with Crippen molar-refractivity contribution in [2.24, 2.45) is 0 Å². The van der Waals surface area contributed by atoms with Gasteiger partial charge >= 0.3 is 0 Å². The molecule has 0 saturated heterocycles. The third-order valence-corrected chi connectivity index (χ3v) is 5.81. The lowest BCUT2D eigenvalue weighted by molar-refractivity contribution is 0.301. The van der Waals surface area contributed by atoms with E-state index in [0.29, 0.717) is 32.9 Å². The van der Waals surface area contributed by atoms with E-state index in [2.05, 4.69) is 10.1 Å². The molecule has 0 aliphatic carbocycles. The zero-order valence-electron chi connectivity index (χ0n) is 17.1. The van der Waals surface area contributed by atoms with Crippen molar-refractivity contribution in [2.45, 2.75) is 13.3 Å². The van der Waals surface area contributed by atoms with E-state index in [1.54, 1.807) is 22.9 Å². The first-order valence-corrected chi connectivity index (χ1v) is 10.9. The molecule has 0 fully saturated rings. The van der Waals surface area contributed by atoms with Crippen molar-refractivity contribution in [1.82, 2.24) is 24.4 Å². The molecule has 3 heterocycles. The minimum Gasteiger partial charge on any atom is -0.491 e. The quantitative estimate of drug-likeness (QED) is 0.398. The van der Waals surface area contributed by atoms with Crippen molar-refractivity contribution in [3.63, 3.8) is 0 Å². The van der Waals surface area contributed by atoms with Crippen LogP contribution in [0.1, 0.15) is 18.9 Å². The molecule has 0 spiro atoms. The lowest BCUT2D eigenvalue weighted by Gasteiger charge is -2.07. The van der Waals surface area contributed by atoms with E-state index in [9.17, 15) is 9.18 Å². The van der Waals surface area contributed by atoms with Crippen LogP contribution >= 0.6 is 11.3 Å². The van der Waals surface area contributed by atoms with Gasteiger partial charge in [-0.25, -0.2) is 14.1 Å². The fraction of sp³-hybridized carbons (Fsp3) is 0.130. The number of thiazole rings is 1. The number of para-hydroxylation sites is 1. The van der Waals surface area contributed by atoms with Crippen molar-refractivity contribution >= 4 is 22.4 Å². The summed E-state index contributed by atoms with van der Waals surface area (Å²) in [5.74, 6) is -0.254. The summed E-state index contributed by atoms with van der Waals surface area (Å²) in [6.45, 7) is 2.41. The van der Waals surface area contributed by atoms with Crippen molar-refractivity contribution in [3.05, 3.63) is 87.3 Å². The van der Waals surface area contributed by atoms with E-state index in [0.717, 1.165) is 12.1 Å². The first-order chi connectivity index (χ1) is 15.6. The summed E-state index contributed by atoms with van der Waals surface area (Å²) in [6, 6.07) is 14.4. The number of hydrogen-bond donors (Lipinski definition) is 0. The van der Waals surface area contributed by atoms with Gasteiger partial charge in [-0.15, -0.1) is 0 Å². The molecule has 5 aromatic rings. The van der Waals surface area contributed by atoms with Gasteiger partial charge in [0.2, 0.25) is 4.96 Å². The second-order valence-electron chi connectivity index (χ2n) is 7.08. The molecule has 0 aliphatic heterocycles. The largest absolute Gasteiger partial charge is 0.491 e. The molecular weight excluding hydrogens is 429 g/mol. The van der Waals surface area contributed by atoms with Crippen molar-refractivity contribution in [2.75, 3.05) is 6.61 Å². The molecule has 0 atom stereocenters. The topological polar surface area (TPSA) is 74.3 Å². The molecule has 0 amide bonds. The Morgan fingerprint density at radius 2 is 2.03 bits per heavy atom. The maximum atomic E-state index is 14.7. The van der Waals surface area contributed by atoms with E-state index < -0.39 is 5.82 Å². The maximum Gasteiger partial charge on any atom is 0.291 e. The molecule has 2 aromatic carbocycles. The zero-order valence-corrected chi connectivity index (χ0v) is 17.9. The summed E-state index contributed by atoms with van der Waals surface area (Å²) in [4.78, 5) is 17.3. The number of benzene rings is 2. The highest BCUT2D eigenvalue weighted by atomic mass is 32.1. The van der Waals surface area contributed by atoms with Gasteiger partial charge in [0.25, 0.3) is 5.56 Å². The SMILES string of the molecule is CCCOc1ccc(-c2nn(-c3ccccc3)cc2/C=c2\sc3ncnn3c2=O)cc1F. The van der Waals surface area contributed by atoms with Gasteiger partial charge in [-0.05, 0) is 42.8 Å². The highest BCUT2D eigenvalue weighted by Crippen LogP contribution is 2.28. The summed E-state index contributed by atoms with van der Waals surface area (Å²) >= 11 is 1.24. The molecule has 7 nitrogen and oxygen atoms in total. The average Bonchev–Trinajstić information content (AvgIpc) is 3.51. The van der Waals surface area contributed by atoms with Crippen LogP contribution in [-0.2, 0) is 0 Å². The van der Waals surface area contributed by atoms with E-state index in [-0.39, 0.29) is 11.3 Å². The maximum absolute atomic E-state index is 14.7. The molecule has 0 N–H and O–H groups in total. The number of aromatic nitrogens is 5. The van der Waals surface area contributed by atoms with Gasteiger partial charge in [-0.1, -0.05) is 36.5 Å². The van der Waals surface area contributed by atoms with Crippen molar-refractivity contribution in [3.8, 4) is 22.7 Å². The van der Waals surface area contributed by atoms with Gasteiger partial charge in [0, 0.05) is 17.3 Å². The molecule has 32 heavy (non-hydrogen) atoms. The Balaban J connectivity index is 1.66. The van der Waals surface area contributed by atoms with Crippen LogP contribution in [0.25, 0.3) is 28.0 Å². The van der Waals surface area contributed by atoms with Crippen LogP contribution < -0.4 is 14.8 Å². The molecule has 0 bridgehead atoms. The van der Waals surface area contributed by atoms with Gasteiger partial charge < -0.3 is 4.74 Å². The molecule has 0 aliphatic rings. The summed E-state index contributed by atoms with van der Waals surface area (Å²) < 4.78 is 23.6. The molecule has 5 rings (SSSR count). The van der Waals surface area contributed by atoms with E-state index in [4.69, 9.17) is 9.84 Å². The summed E-state index contributed by atoms with van der Waals surface area (Å²) in [7, 11) is 0. The highest BCUT2D eigenvalue weighted by Gasteiger charge is 2.15. The second kappa shape index (κ2) is 8.35. The molecule has 9 heteroatoms. The number of halogens is 1. The van der Waals surface area contributed by atoms with Crippen LogP contribution in [0.15, 0.2) is 65.8 Å². The van der Waals surface area contributed by atoms with E-state index >= 15 is 0 Å². The Morgan fingerprint density at radius 1 is 1.19 bits per heavy atom. The third-order valence-electron chi connectivity index (χ3n) is 4.84. The summed E-state index contributed by atoms with van der Waals surface area (Å²) in [5.41, 5.74) is 2.40. The highest BCUT2D eigenvalue weighted by molar-refractivity contribution is 7.15. The Bertz CT molecular complexity index is 1510. The Hall–Kier alpha value is -3.85. The Labute approximate surface area is 186 Å². The first-order valence-electron chi connectivity index (χ1n) is 10.1. The zero-order chi connectivity index (χ0) is 22.1. The fourth-order valence-corrected chi connectivity index (χ4v) is 4.20. The van der Waals surface area contributed by atoms with Gasteiger partial charge in [-0.3, -0.25) is 4.79 Å². The van der Waals surface area contributed by atoms with Crippen molar-refractivity contribution < 1.29 is 9.13 Å².